The van der Waals surface area contributed by atoms with Crippen LogP contribution in [0, 0.1) is 0 Å². The van der Waals surface area contributed by atoms with E-state index in [0.29, 0.717) is 21.9 Å². The summed E-state index contributed by atoms with van der Waals surface area (Å²) in [7, 11) is -3.45. The molecule has 0 atom stereocenters. The number of allylic oxidation sites excluding steroid dienone is 2. The van der Waals surface area contributed by atoms with Crippen LogP contribution >= 0.6 is 0 Å². The van der Waals surface area contributed by atoms with E-state index in [0.717, 1.165) is 30.4 Å². The van der Waals surface area contributed by atoms with E-state index < -0.39 is 9.84 Å². The van der Waals surface area contributed by atoms with Crippen molar-refractivity contribution in [1.82, 2.24) is 0 Å². The van der Waals surface area contributed by atoms with Gasteiger partial charge in [0.15, 0.2) is 0 Å². The highest BCUT2D eigenvalue weighted by Crippen LogP contribution is 2.39. The van der Waals surface area contributed by atoms with Gasteiger partial charge in [-0.3, -0.25) is 0 Å². The molecule has 1 aliphatic carbocycles. The quantitative estimate of drug-likeness (QED) is 0.870. The summed E-state index contributed by atoms with van der Waals surface area (Å²) >= 11 is 0. The fourth-order valence-corrected chi connectivity index (χ4v) is 4.72. The van der Waals surface area contributed by atoms with E-state index in [9.17, 15) is 8.42 Å². The van der Waals surface area contributed by atoms with Gasteiger partial charge in [-0.25, -0.2) is 8.42 Å². The van der Waals surface area contributed by atoms with Gasteiger partial charge in [0, 0.05) is 11.3 Å². The van der Waals surface area contributed by atoms with E-state index in [1.807, 2.05) is 30.3 Å². The molecule has 2 aromatic carbocycles. The molecular formula is C18H19NO2S. The first-order valence-electron chi connectivity index (χ1n) is 7.48. The van der Waals surface area contributed by atoms with E-state index in [1.54, 1.807) is 24.3 Å². The first-order valence-corrected chi connectivity index (χ1v) is 8.96. The van der Waals surface area contributed by atoms with Gasteiger partial charge in [-0.15, -0.1) is 0 Å². The fourth-order valence-electron chi connectivity index (χ4n) is 2.97. The minimum Gasteiger partial charge on any atom is -0.398 e. The summed E-state index contributed by atoms with van der Waals surface area (Å²) in [6.45, 7) is 0. The molecule has 2 N–H and O–H groups in total. The van der Waals surface area contributed by atoms with Crippen molar-refractivity contribution in [2.24, 2.45) is 0 Å². The highest BCUT2D eigenvalue weighted by atomic mass is 32.2. The average molecular weight is 313 g/mol. The summed E-state index contributed by atoms with van der Waals surface area (Å²) in [6, 6.07) is 16.2. The molecule has 22 heavy (non-hydrogen) atoms. The Balaban J connectivity index is 2.19. The molecular weight excluding hydrogens is 294 g/mol. The van der Waals surface area contributed by atoms with Crippen LogP contribution in [0.5, 0.6) is 0 Å². The van der Waals surface area contributed by atoms with Crippen LogP contribution in [-0.4, -0.2) is 8.42 Å². The summed E-state index contributed by atoms with van der Waals surface area (Å²) < 4.78 is 26.0. The number of hydrogen-bond acceptors (Lipinski definition) is 3. The van der Waals surface area contributed by atoms with E-state index in [2.05, 4.69) is 0 Å². The summed E-state index contributed by atoms with van der Waals surface area (Å²) in [5.74, 6) is 0. The Morgan fingerprint density at radius 1 is 0.818 bits per heavy atom. The van der Waals surface area contributed by atoms with Gasteiger partial charge in [-0.2, -0.15) is 0 Å². The van der Waals surface area contributed by atoms with Gasteiger partial charge in [-0.1, -0.05) is 36.4 Å². The predicted molar refractivity (Wildman–Crippen MR) is 89.9 cm³/mol. The highest BCUT2D eigenvalue weighted by molar-refractivity contribution is 7.95. The normalized spacial score (nSPS) is 15.8. The van der Waals surface area contributed by atoms with Crippen molar-refractivity contribution in [3.63, 3.8) is 0 Å². The smallest absolute Gasteiger partial charge is 0.203 e. The lowest BCUT2D eigenvalue weighted by molar-refractivity contribution is 0.596. The van der Waals surface area contributed by atoms with Crippen molar-refractivity contribution in [3.8, 4) is 0 Å². The number of anilines is 1. The second-order valence-corrected chi connectivity index (χ2v) is 7.48. The first-order chi connectivity index (χ1) is 10.6. The first kappa shape index (κ1) is 14.9. The molecule has 3 nitrogen and oxygen atoms in total. The molecule has 1 aliphatic rings. The summed E-state index contributed by atoms with van der Waals surface area (Å²) in [6.07, 6.45) is 3.24. The molecule has 0 amide bonds. The largest absolute Gasteiger partial charge is 0.398 e. The third-order valence-corrected chi connectivity index (χ3v) is 6.07. The second kappa shape index (κ2) is 5.97. The van der Waals surface area contributed by atoms with Crippen molar-refractivity contribution < 1.29 is 8.42 Å². The Morgan fingerprint density at radius 2 is 1.45 bits per heavy atom. The molecule has 2 aromatic rings. The summed E-state index contributed by atoms with van der Waals surface area (Å²) in [5.41, 5.74) is 8.45. The van der Waals surface area contributed by atoms with Crippen molar-refractivity contribution in [2.45, 2.75) is 30.6 Å². The molecule has 0 fully saturated rings. The number of rotatable bonds is 3. The zero-order valence-electron chi connectivity index (χ0n) is 12.3. The topological polar surface area (TPSA) is 60.2 Å². The van der Waals surface area contributed by atoms with Crippen molar-refractivity contribution in [3.05, 3.63) is 65.1 Å². The van der Waals surface area contributed by atoms with Gasteiger partial charge < -0.3 is 5.73 Å². The second-order valence-electron chi connectivity index (χ2n) is 5.51. The maximum atomic E-state index is 13.0. The molecule has 0 saturated heterocycles. The average Bonchev–Trinajstić information content (AvgIpc) is 2.56. The Labute approximate surface area is 131 Å². The third-order valence-electron chi connectivity index (χ3n) is 4.08. The lowest BCUT2D eigenvalue weighted by atomic mass is 9.92. The van der Waals surface area contributed by atoms with E-state index in [-0.39, 0.29) is 0 Å². The predicted octanol–water partition coefficient (Wildman–Crippen LogP) is 4.03. The maximum absolute atomic E-state index is 13.0. The van der Waals surface area contributed by atoms with E-state index in [1.165, 1.54) is 0 Å². The molecule has 4 heteroatoms. The number of benzene rings is 2. The molecule has 0 heterocycles. The minimum atomic E-state index is -3.45. The van der Waals surface area contributed by atoms with Gasteiger partial charge in [-0.05, 0) is 49.5 Å². The monoisotopic (exact) mass is 313 g/mol. The Morgan fingerprint density at radius 3 is 2.18 bits per heavy atom. The minimum absolute atomic E-state index is 0.360. The van der Waals surface area contributed by atoms with Crippen molar-refractivity contribution >= 4 is 21.1 Å². The Kier molecular flexibility index (Phi) is 4.03. The van der Waals surface area contributed by atoms with Crippen LogP contribution in [0.25, 0.3) is 5.57 Å². The fraction of sp³-hybridized carbons (Fsp3) is 0.222. The highest BCUT2D eigenvalue weighted by Gasteiger charge is 2.27. The standard InChI is InChI=1S/C18H19NO2S/c19-17-12-6-4-10-15(17)16-11-5-7-13-18(16)22(20,21)14-8-2-1-3-9-14/h1-4,6,8-10,12H,5,7,11,13,19H2. The lowest BCUT2D eigenvalue weighted by Crippen LogP contribution is -2.11. The van der Waals surface area contributed by atoms with Crippen LogP contribution in [0.1, 0.15) is 31.2 Å². The SMILES string of the molecule is Nc1ccccc1C1=C(S(=O)(=O)c2ccccc2)CCCC1. The molecule has 3 rings (SSSR count). The zero-order valence-corrected chi connectivity index (χ0v) is 13.1. The third kappa shape index (κ3) is 2.66. The maximum Gasteiger partial charge on any atom is 0.203 e. The number of nitrogen functional groups attached to an aromatic ring is 1. The van der Waals surface area contributed by atoms with E-state index >= 15 is 0 Å². The molecule has 114 valence electrons. The number of hydrogen-bond donors (Lipinski definition) is 1. The molecule has 0 saturated carbocycles. The van der Waals surface area contributed by atoms with Crippen LogP contribution in [0.15, 0.2) is 64.4 Å². The van der Waals surface area contributed by atoms with Gasteiger partial charge in [0.05, 0.1) is 9.80 Å². The summed E-state index contributed by atoms with van der Waals surface area (Å²) in [5, 5.41) is 0. The molecule has 0 aliphatic heterocycles. The van der Waals surface area contributed by atoms with Crippen LogP contribution in [0.2, 0.25) is 0 Å². The molecule has 0 spiro atoms. The van der Waals surface area contributed by atoms with Crippen LogP contribution in [0.3, 0.4) is 0 Å². The van der Waals surface area contributed by atoms with Crippen LogP contribution in [0.4, 0.5) is 5.69 Å². The van der Waals surface area contributed by atoms with Gasteiger partial charge in [0.1, 0.15) is 0 Å². The number of para-hydroxylation sites is 1. The van der Waals surface area contributed by atoms with Gasteiger partial charge in [0.2, 0.25) is 9.84 Å². The Hall–Kier alpha value is -2.07. The van der Waals surface area contributed by atoms with Gasteiger partial charge >= 0.3 is 0 Å². The zero-order chi connectivity index (χ0) is 15.6. The van der Waals surface area contributed by atoms with Gasteiger partial charge in [0.25, 0.3) is 0 Å². The molecule has 0 aromatic heterocycles. The number of sulfone groups is 1. The van der Waals surface area contributed by atoms with E-state index in [4.69, 9.17) is 5.73 Å². The van der Waals surface area contributed by atoms with Crippen LogP contribution < -0.4 is 5.73 Å². The van der Waals surface area contributed by atoms with Crippen LogP contribution in [-0.2, 0) is 9.84 Å². The Bertz CT molecular complexity index is 808. The molecule has 0 unspecified atom stereocenters. The molecule has 0 bridgehead atoms. The molecule has 0 radical (unpaired) electrons. The number of nitrogens with two attached hydrogens (primary N) is 1. The lowest BCUT2D eigenvalue weighted by Gasteiger charge is -2.22. The van der Waals surface area contributed by atoms with Crippen molar-refractivity contribution in [2.75, 3.05) is 5.73 Å². The summed E-state index contributed by atoms with van der Waals surface area (Å²) in [4.78, 5) is 0.891. The van der Waals surface area contributed by atoms with Crippen molar-refractivity contribution in [1.29, 1.82) is 0 Å².